The van der Waals surface area contributed by atoms with Crippen molar-refractivity contribution in [3.8, 4) is 0 Å². The Balaban J connectivity index is 2.17. The minimum absolute atomic E-state index is 0.0410. The first-order valence-corrected chi connectivity index (χ1v) is 8.86. The standard InChI is InChI=1S/C15H24N2O2S/c1-12-8-7-11-14(16)15(12)20(18,19)17-13-9-5-3-2-4-6-10-13/h7-8,11,13,17H,2-6,9-10,16H2,1H3. The van der Waals surface area contributed by atoms with Gasteiger partial charge in [-0.15, -0.1) is 0 Å². The number of nitrogens with one attached hydrogen (secondary N) is 1. The van der Waals surface area contributed by atoms with Crippen molar-refractivity contribution in [1.29, 1.82) is 0 Å². The smallest absolute Gasteiger partial charge is 0.243 e. The zero-order valence-electron chi connectivity index (χ0n) is 12.1. The molecule has 0 heterocycles. The van der Waals surface area contributed by atoms with Crippen molar-refractivity contribution in [1.82, 2.24) is 4.72 Å². The summed E-state index contributed by atoms with van der Waals surface area (Å²) in [6, 6.07) is 5.24. The molecule has 0 unspecified atom stereocenters. The van der Waals surface area contributed by atoms with Crippen molar-refractivity contribution in [2.24, 2.45) is 0 Å². The summed E-state index contributed by atoms with van der Waals surface area (Å²) in [4.78, 5) is 0.238. The Kier molecular flexibility index (Phi) is 5.05. The highest BCUT2D eigenvalue weighted by atomic mass is 32.2. The molecule has 0 atom stereocenters. The van der Waals surface area contributed by atoms with Crippen LogP contribution in [0.2, 0.25) is 0 Å². The van der Waals surface area contributed by atoms with E-state index in [1.54, 1.807) is 25.1 Å². The van der Waals surface area contributed by atoms with Gasteiger partial charge in [0.25, 0.3) is 0 Å². The maximum Gasteiger partial charge on any atom is 0.243 e. The molecule has 0 aromatic heterocycles. The summed E-state index contributed by atoms with van der Waals surface area (Å²) in [6.45, 7) is 1.78. The largest absolute Gasteiger partial charge is 0.398 e. The minimum Gasteiger partial charge on any atom is -0.398 e. The van der Waals surface area contributed by atoms with Crippen molar-refractivity contribution in [3.63, 3.8) is 0 Å². The highest BCUT2D eigenvalue weighted by molar-refractivity contribution is 7.89. The van der Waals surface area contributed by atoms with E-state index < -0.39 is 10.0 Å². The number of hydrogen-bond donors (Lipinski definition) is 2. The van der Waals surface area contributed by atoms with Crippen LogP contribution in [0.4, 0.5) is 5.69 Å². The molecule has 0 aliphatic heterocycles. The lowest BCUT2D eigenvalue weighted by Gasteiger charge is -2.22. The van der Waals surface area contributed by atoms with Crippen LogP contribution in [-0.2, 0) is 10.0 Å². The lowest BCUT2D eigenvalue weighted by Crippen LogP contribution is -2.36. The molecule has 1 saturated carbocycles. The Hall–Kier alpha value is -1.07. The van der Waals surface area contributed by atoms with Crippen LogP contribution in [0.25, 0.3) is 0 Å². The highest BCUT2D eigenvalue weighted by Gasteiger charge is 2.24. The van der Waals surface area contributed by atoms with E-state index in [9.17, 15) is 8.42 Å². The van der Waals surface area contributed by atoms with Gasteiger partial charge in [0.05, 0.1) is 5.69 Å². The number of anilines is 1. The molecule has 1 aliphatic carbocycles. The number of hydrogen-bond acceptors (Lipinski definition) is 3. The average molecular weight is 296 g/mol. The summed E-state index contributed by atoms with van der Waals surface area (Å²) >= 11 is 0. The van der Waals surface area contributed by atoms with E-state index in [0.29, 0.717) is 11.3 Å². The van der Waals surface area contributed by atoms with E-state index in [2.05, 4.69) is 4.72 Å². The Morgan fingerprint density at radius 3 is 2.30 bits per heavy atom. The van der Waals surface area contributed by atoms with Crippen LogP contribution >= 0.6 is 0 Å². The van der Waals surface area contributed by atoms with E-state index in [1.807, 2.05) is 0 Å². The second-order valence-electron chi connectivity index (χ2n) is 5.66. The molecule has 1 aromatic carbocycles. The predicted octanol–water partition coefficient (Wildman–Crippen LogP) is 2.97. The molecule has 3 N–H and O–H groups in total. The molecule has 20 heavy (non-hydrogen) atoms. The first-order chi connectivity index (χ1) is 9.50. The Labute approximate surface area is 121 Å². The molecule has 112 valence electrons. The van der Waals surface area contributed by atoms with Gasteiger partial charge in [0, 0.05) is 6.04 Å². The first kappa shape index (κ1) is 15.3. The molecule has 0 saturated heterocycles. The third-order valence-electron chi connectivity index (χ3n) is 3.94. The third-order valence-corrected chi connectivity index (χ3v) is 5.68. The predicted molar refractivity (Wildman–Crippen MR) is 82.0 cm³/mol. The van der Waals surface area contributed by atoms with Gasteiger partial charge in [-0.1, -0.05) is 44.2 Å². The second kappa shape index (κ2) is 6.59. The first-order valence-electron chi connectivity index (χ1n) is 7.38. The molecule has 0 spiro atoms. The minimum atomic E-state index is -3.52. The molecule has 1 aliphatic rings. The maximum atomic E-state index is 12.5. The van der Waals surface area contributed by atoms with Crippen LogP contribution in [0.15, 0.2) is 23.1 Å². The zero-order valence-corrected chi connectivity index (χ0v) is 12.9. The van der Waals surface area contributed by atoms with E-state index in [-0.39, 0.29) is 10.9 Å². The Morgan fingerprint density at radius 1 is 1.10 bits per heavy atom. The maximum absolute atomic E-state index is 12.5. The summed E-state index contributed by atoms with van der Waals surface area (Å²) in [5.41, 5.74) is 6.87. The fraction of sp³-hybridized carbons (Fsp3) is 0.600. The fourth-order valence-corrected chi connectivity index (χ4v) is 4.56. The van der Waals surface area contributed by atoms with Crippen molar-refractivity contribution in [2.75, 3.05) is 5.73 Å². The molecule has 1 aromatic rings. The Morgan fingerprint density at radius 2 is 1.70 bits per heavy atom. The van der Waals surface area contributed by atoms with Gasteiger partial charge >= 0.3 is 0 Å². The SMILES string of the molecule is Cc1cccc(N)c1S(=O)(=O)NC1CCCCCCC1. The lowest BCUT2D eigenvalue weighted by atomic mass is 9.97. The van der Waals surface area contributed by atoms with Crippen LogP contribution in [0, 0.1) is 6.92 Å². The van der Waals surface area contributed by atoms with Gasteiger partial charge in [-0.05, 0) is 31.4 Å². The lowest BCUT2D eigenvalue weighted by molar-refractivity contribution is 0.426. The van der Waals surface area contributed by atoms with Crippen molar-refractivity contribution >= 4 is 15.7 Å². The molecule has 0 amide bonds. The van der Waals surface area contributed by atoms with E-state index in [0.717, 1.165) is 25.7 Å². The topological polar surface area (TPSA) is 72.2 Å². The van der Waals surface area contributed by atoms with Crippen LogP contribution in [-0.4, -0.2) is 14.5 Å². The van der Waals surface area contributed by atoms with E-state index >= 15 is 0 Å². The molecule has 5 heteroatoms. The van der Waals surface area contributed by atoms with Crippen molar-refractivity contribution in [2.45, 2.75) is 62.8 Å². The summed E-state index contributed by atoms with van der Waals surface area (Å²) in [7, 11) is -3.52. The zero-order chi connectivity index (χ0) is 14.6. The third kappa shape index (κ3) is 3.73. The number of aryl methyl sites for hydroxylation is 1. The highest BCUT2D eigenvalue weighted by Crippen LogP contribution is 2.24. The number of nitrogens with two attached hydrogens (primary N) is 1. The molecular weight excluding hydrogens is 272 g/mol. The van der Waals surface area contributed by atoms with Crippen molar-refractivity contribution in [3.05, 3.63) is 23.8 Å². The summed E-state index contributed by atoms with van der Waals surface area (Å²) in [5, 5.41) is 0. The fourth-order valence-electron chi connectivity index (χ4n) is 2.89. The number of rotatable bonds is 3. The van der Waals surface area contributed by atoms with Gasteiger partial charge < -0.3 is 5.73 Å². The van der Waals surface area contributed by atoms with Crippen LogP contribution in [0.5, 0.6) is 0 Å². The normalized spacial score (nSPS) is 18.4. The number of sulfonamides is 1. The Bertz CT molecular complexity index is 527. The van der Waals surface area contributed by atoms with E-state index in [4.69, 9.17) is 5.73 Å². The molecule has 0 radical (unpaired) electrons. The monoisotopic (exact) mass is 296 g/mol. The van der Waals surface area contributed by atoms with Gasteiger partial charge in [-0.3, -0.25) is 0 Å². The van der Waals surface area contributed by atoms with Gasteiger partial charge in [0.15, 0.2) is 0 Å². The quantitative estimate of drug-likeness (QED) is 0.842. The second-order valence-corrected chi connectivity index (χ2v) is 7.31. The number of benzene rings is 1. The molecular formula is C15H24N2O2S. The number of nitrogen functional groups attached to an aromatic ring is 1. The van der Waals surface area contributed by atoms with Gasteiger partial charge in [-0.25, -0.2) is 13.1 Å². The average Bonchev–Trinajstić information content (AvgIpc) is 2.31. The van der Waals surface area contributed by atoms with Crippen LogP contribution < -0.4 is 10.5 Å². The summed E-state index contributed by atoms with van der Waals surface area (Å²) in [6.07, 6.45) is 7.70. The molecule has 2 rings (SSSR count). The van der Waals surface area contributed by atoms with E-state index in [1.165, 1.54) is 19.3 Å². The van der Waals surface area contributed by atoms with Crippen LogP contribution in [0.3, 0.4) is 0 Å². The molecule has 1 fully saturated rings. The molecule has 4 nitrogen and oxygen atoms in total. The van der Waals surface area contributed by atoms with Gasteiger partial charge in [0.2, 0.25) is 10.0 Å². The van der Waals surface area contributed by atoms with Crippen LogP contribution in [0.1, 0.15) is 50.5 Å². The van der Waals surface area contributed by atoms with Gasteiger partial charge in [0.1, 0.15) is 4.90 Å². The van der Waals surface area contributed by atoms with Crippen molar-refractivity contribution < 1.29 is 8.42 Å². The summed E-state index contributed by atoms with van der Waals surface area (Å²) in [5.74, 6) is 0. The summed E-state index contributed by atoms with van der Waals surface area (Å²) < 4.78 is 28.0. The molecule has 0 bridgehead atoms. The van der Waals surface area contributed by atoms with Gasteiger partial charge in [-0.2, -0.15) is 0 Å².